The van der Waals surface area contributed by atoms with Crippen molar-refractivity contribution < 1.29 is 27.1 Å². The number of urea groups is 1. The molecule has 0 radical (unpaired) electrons. The molecule has 2 aromatic carbocycles. The maximum absolute atomic E-state index is 13.6. The van der Waals surface area contributed by atoms with Gasteiger partial charge in [-0.05, 0) is 35.2 Å². The van der Waals surface area contributed by atoms with Gasteiger partial charge in [0, 0.05) is 38.6 Å². The molecule has 1 aliphatic heterocycles. The monoisotopic (exact) mass is 501 g/mol. The molecule has 3 saturated carbocycles. The van der Waals surface area contributed by atoms with Crippen molar-refractivity contribution in [1.82, 2.24) is 15.5 Å². The fraction of sp³-hybridized carbons (Fsp3) is 0.440. The van der Waals surface area contributed by atoms with Crippen molar-refractivity contribution in [2.24, 2.45) is 0 Å². The molecule has 6 rings (SSSR count). The highest BCUT2D eigenvalue weighted by atomic mass is 32.2. The van der Waals surface area contributed by atoms with Crippen molar-refractivity contribution in [3.63, 3.8) is 0 Å². The van der Waals surface area contributed by atoms with Crippen molar-refractivity contribution in [3.8, 4) is 0 Å². The van der Waals surface area contributed by atoms with Gasteiger partial charge in [-0.1, -0.05) is 36.4 Å². The number of alkyl carbamates (subject to hydrolysis) is 1. The summed E-state index contributed by atoms with van der Waals surface area (Å²) in [5.74, 6) is -0.475. The second-order valence-electron chi connectivity index (χ2n) is 9.97. The van der Waals surface area contributed by atoms with Crippen molar-refractivity contribution >= 4 is 22.0 Å². The highest BCUT2D eigenvalue weighted by molar-refractivity contribution is 7.90. The smallest absolute Gasteiger partial charge is 0.407 e. The number of ether oxygens (including phenoxy) is 1. The number of sulfone groups is 1. The second kappa shape index (κ2) is 8.51. The minimum Gasteiger partial charge on any atom is -0.443 e. The zero-order valence-electron chi connectivity index (χ0n) is 19.4. The van der Waals surface area contributed by atoms with E-state index in [4.69, 9.17) is 4.74 Å². The van der Waals surface area contributed by atoms with Crippen LogP contribution in [0.1, 0.15) is 42.0 Å². The number of rotatable bonds is 6. The fourth-order valence-electron chi connectivity index (χ4n) is 5.60. The quantitative estimate of drug-likeness (QED) is 0.633. The van der Waals surface area contributed by atoms with E-state index in [1.54, 1.807) is 17.0 Å². The van der Waals surface area contributed by atoms with Crippen LogP contribution in [0.2, 0.25) is 0 Å². The molecule has 0 saturated heterocycles. The van der Waals surface area contributed by atoms with E-state index >= 15 is 0 Å². The summed E-state index contributed by atoms with van der Waals surface area (Å²) < 4.78 is 41.5. The first-order valence-corrected chi connectivity index (χ1v) is 13.7. The molecule has 35 heavy (non-hydrogen) atoms. The summed E-state index contributed by atoms with van der Waals surface area (Å²) in [5.41, 5.74) is 2.04. The standard InChI is InChI=1S/C25H28FN3O5S/c1-35(32,33)13-11-27-23(31)34-25-14-24(15-25,16-25)28-22(30)29-12-10-17-4-2-3-5-20(17)21(29)18-6-8-19(26)9-7-18/h2-9,21H,10-16H2,1H3,(H,27,31)(H,28,30)/t21-,24?,25?/m0/s1. The molecule has 3 aliphatic carbocycles. The molecule has 10 heteroatoms. The molecular weight excluding hydrogens is 473 g/mol. The van der Waals surface area contributed by atoms with Gasteiger partial charge in [0.2, 0.25) is 0 Å². The highest BCUT2D eigenvalue weighted by Crippen LogP contribution is 2.62. The molecule has 0 aromatic heterocycles. The molecule has 8 nitrogen and oxygen atoms in total. The minimum atomic E-state index is -3.17. The van der Waals surface area contributed by atoms with Crippen LogP contribution >= 0.6 is 0 Å². The Hall–Kier alpha value is -3.14. The van der Waals surface area contributed by atoms with Gasteiger partial charge in [-0.2, -0.15) is 0 Å². The summed E-state index contributed by atoms with van der Waals surface area (Å²) >= 11 is 0. The lowest BCUT2D eigenvalue weighted by Crippen LogP contribution is -2.80. The predicted molar refractivity (Wildman–Crippen MR) is 127 cm³/mol. The molecule has 0 unspecified atom stereocenters. The minimum absolute atomic E-state index is 0.00314. The lowest BCUT2D eigenvalue weighted by Gasteiger charge is -2.68. The SMILES string of the molecule is CS(=O)(=O)CCNC(=O)OC12CC(NC(=O)N3CCc4ccccc4[C@@H]3c3ccc(F)cc3)(C1)C2. The molecule has 2 aromatic rings. The van der Waals surface area contributed by atoms with Crippen molar-refractivity contribution in [2.75, 3.05) is 25.1 Å². The predicted octanol–water partition coefficient (Wildman–Crippen LogP) is 2.93. The first-order chi connectivity index (χ1) is 16.6. The Kier molecular flexibility index (Phi) is 5.74. The second-order valence-corrected chi connectivity index (χ2v) is 12.2. The molecule has 4 aliphatic rings. The number of hydrogen-bond acceptors (Lipinski definition) is 5. The first-order valence-electron chi connectivity index (χ1n) is 11.6. The largest absolute Gasteiger partial charge is 0.443 e. The molecule has 1 heterocycles. The molecular formula is C25H28FN3O5S. The van der Waals surface area contributed by atoms with E-state index in [1.165, 1.54) is 17.7 Å². The lowest BCUT2D eigenvalue weighted by atomic mass is 9.46. The Balaban J connectivity index is 1.22. The van der Waals surface area contributed by atoms with E-state index in [2.05, 4.69) is 16.7 Å². The number of carbonyl (C=O) groups is 2. The molecule has 2 bridgehead atoms. The van der Waals surface area contributed by atoms with Gasteiger partial charge in [-0.25, -0.2) is 22.4 Å². The molecule has 186 valence electrons. The number of carbonyl (C=O) groups excluding carboxylic acids is 2. The summed E-state index contributed by atoms with van der Waals surface area (Å²) in [5, 5.41) is 5.62. The fourth-order valence-corrected chi connectivity index (χ4v) is 6.07. The summed E-state index contributed by atoms with van der Waals surface area (Å²) in [6, 6.07) is 13.7. The van der Waals surface area contributed by atoms with E-state index in [1.807, 2.05) is 18.2 Å². The van der Waals surface area contributed by atoms with Crippen molar-refractivity contribution in [1.29, 1.82) is 0 Å². The van der Waals surface area contributed by atoms with Crippen LogP contribution in [-0.4, -0.2) is 61.7 Å². The van der Waals surface area contributed by atoms with E-state index in [0.717, 1.165) is 23.8 Å². The Labute approximate surface area is 203 Å². The van der Waals surface area contributed by atoms with Gasteiger partial charge >= 0.3 is 12.1 Å². The topological polar surface area (TPSA) is 105 Å². The van der Waals surface area contributed by atoms with Crippen LogP contribution in [0.3, 0.4) is 0 Å². The average molecular weight is 502 g/mol. The average Bonchev–Trinajstić information content (AvgIpc) is 2.75. The van der Waals surface area contributed by atoms with Crippen LogP contribution in [0.4, 0.5) is 14.0 Å². The van der Waals surface area contributed by atoms with E-state index < -0.39 is 27.1 Å². The summed E-state index contributed by atoms with van der Waals surface area (Å²) in [6.45, 7) is 0.530. The Morgan fingerprint density at radius 3 is 2.49 bits per heavy atom. The maximum Gasteiger partial charge on any atom is 0.407 e. The van der Waals surface area contributed by atoms with Gasteiger partial charge in [0.1, 0.15) is 21.3 Å². The van der Waals surface area contributed by atoms with Gasteiger partial charge in [0.05, 0.1) is 17.3 Å². The third-order valence-corrected chi connectivity index (χ3v) is 8.08. The molecule has 1 atom stereocenters. The van der Waals surface area contributed by atoms with Crippen LogP contribution in [0.15, 0.2) is 48.5 Å². The zero-order valence-corrected chi connectivity index (χ0v) is 20.2. The summed E-state index contributed by atoms with van der Waals surface area (Å²) in [6.07, 6.45) is 2.77. The number of amides is 3. The van der Waals surface area contributed by atoms with Crippen LogP contribution in [0.25, 0.3) is 0 Å². The number of nitrogens with one attached hydrogen (secondary N) is 2. The number of halogens is 1. The van der Waals surface area contributed by atoms with Gasteiger partial charge < -0.3 is 20.3 Å². The molecule has 3 amide bonds. The number of hydrogen-bond donors (Lipinski definition) is 2. The first kappa shape index (κ1) is 23.6. The van der Waals surface area contributed by atoms with Gasteiger partial charge in [-0.3, -0.25) is 0 Å². The summed E-state index contributed by atoms with van der Waals surface area (Å²) in [7, 11) is -3.17. The lowest BCUT2D eigenvalue weighted by molar-refractivity contribution is -0.214. The van der Waals surface area contributed by atoms with Crippen LogP contribution in [-0.2, 0) is 21.0 Å². The third kappa shape index (κ3) is 4.71. The van der Waals surface area contributed by atoms with Gasteiger partial charge in [-0.15, -0.1) is 0 Å². The molecule has 0 spiro atoms. The third-order valence-electron chi connectivity index (χ3n) is 7.14. The normalized spacial score (nSPS) is 26.6. The molecule has 3 fully saturated rings. The van der Waals surface area contributed by atoms with Crippen LogP contribution in [0.5, 0.6) is 0 Å². The van der Waals surface area contributed by atoms with E-state index in [9.17, 15) is 22.4 Å². The van der Waals surface area contributed by atoms with Crippen LogP contribution < -0.4 is 10.6 Å². The van der Waals surface area contributed by atoms with Crippen molar-refractivity contribution in [3.05, 3.63) is 71.0 Å². The Morgan fingerprint density at radius 2 is 1.80 bits per heavy atom. The summed E-state index contributed by atoms with van der Waals surface area (Å²) in [4.78, 5) is 27.2. The van der Waals surface area contributed by atoms with E-state index in [0.29, 0.717) is 25.8 Å². The zero-order chi connectivity index (χ0) is 24.8. The highest BCUT2D eigenvalue weighted by Gasteiger charge is 2.71. The number of fused-ring (bicyclic) bond motifs is 1. The van der Waals surface area contributed by atoms with Gasteiger partial charge in [0.25, 0.3) is 0 Å². The number of benzene rings is 2. The Morgan fingerprint density at radius 1 is 1.11 bits per heavy atom. The number of nitrogens with zero attached hydrogens (tertiary/aromatic N) is 1. The molecule has 2 N–H and O–H groups in total. The van der Waals surface area contributed by atoms with Crippen LogP contribution in [0, 0.1) is 5.82 Å². The van der Waals surface area contributed by atoms with Gasteiger partial charge in [0.15, 0.2) is 0 Å². The van der Waals surface area contributed by atoms with E-state index in [-0.39, 0.29) is 30.2 Å². The maximum atomic E-state index is 13.6. The Bertz CT molecular complexity index is 1240. The van der Waals surface area contributed by atoms with Crippen molar-refractivity contribution in [2.45, 2.75) is 42.9 Å².